The quantitative estimate of drug-likeness (QED) is 0.277. The molecular formula is C32H40N2O4. The van der Waals surface area contributed by atoms with Crippen molar-refractivity contribution in [1.82, 2.24) is 0 Å². The molecule has 6 heteroatoms. The minimum Gasteiger partial charge on any atom is -0.504 e. The Morgan fingerprint density at radius 1 is 0.632 bits per heavy atom. The molecule has 38 heavy (non-hydrogen) atoms. The van der Waals surface area contributed by atoms with Crippen molar-refractivity contribution in [2.45, 2.75) is 27.7 Å². The SMILES string of the molecule is CC(C)=CCOc1ccc(-c2cc(N(C)C)c(-c3ccc(OCC=C(C)C)c(O)c3)cc2N(C)C)cc1O. The second-order valence-electron chi connectivity index (χ2n) is 10.2. The lowest BCUT2D eigenvalue weighted by molar-refractivity contribution is 0.335. The number of ether oxygens (including phenoxy) is 2. The average molecular weight is 517 g/mol. The van der Waals surface area contributed by atoms with Crippen LogP contribution in [0, 0.1) is 0 Å². The third kappa shape index (κ3) is 7.03. The van der Waals surface area contributed by atoms with Crippen LogP contribution in [0.2, 0.25) is 0 Å². The standard InChI is InChI=1S/C32H40N2O4/c1-21(2)13-15-37-31-11-9-23(17-29(31)35)25-19-28(34(7)8)26(20-27(25)33(5)6)24-10-12-32(30(36)18-24)38-16-14-22(3)4/h9-14,17-20,35-36H,15-16H2,1-8H3. The van der Waals surface area contributed by atoms with E-state index in [0.717, 1.165) is 44.8 Å². The van der Waals surface area contributed by atoms with Gasteiger partial charge in [-0.3, -0.25) is 0 Å². The van der Waals surface area contributed by atoms with Gasteiger partial charge in [-0.25, -0.2) is 0 Å². The maximum absolute atomic E-state index is 10.7. The summed E-state index contributed by atoms with van der Waals surface area (Å²) in [6.07, 6.45) is 3.94. The van der Waals surface area contributed by atoms with Crippen LogP contribution in [0.15, 0.2) is 71.8 Å². The Bertz CT molecular complexity index is 1230. The Morgan fingerprint density at radius 2 is 1.00 bits per heavy atom. The van der Waals surface area contributed by atoms with Crippen LogP contribution in [-0.2, 0) is 0 Å². The van der Waals surface area contributed by atoms with Crippen LogP contribution in [0.3, 0.4) is 0 Å². The van der Waals surface area contributed by atoms with Gasteiger partial charge in [0.25, 0.3) is 0 Å². The van der Waals surface area contributed by atoms with Gasteiger partial charge < -0.3 is 29.5 Å². The smallest absolute Gasteiger partial charge is 0.161 e. The number of hydrogen-bond acceptors (Lipinski definition) is 6. The molecule has 0 saturated carbocycles. The molecule has 0 aliphatic rings. The number of phenolic OH excluding ortho intramolecular Hbond substituents is 2. The van der Waals surface area contributed by atoms with Crippen LogP contribution in [0.5, 0.6) is 23.0 Å². The molecule has 3 rings (SSSR count). The monoisotopic (exact) mass is 516 g/mol. The highest BCUT2D eigenvalue weighted by atomic mass is 16.5. The van der Waals surface area contributed by atoms with Crippen LogP contribution in [0.1, 0.15) is 27.7 Å². The highest BCUT2D eigenvalue weighted by Crippen LogP contribution is 2.43. The largest absolute Gasteiger partial charge is 0.504 e. The van der Waals surface area contributed by atoms with E-state index < -0.39 is 0 Å². The van der Waals surface area contributed by atoms with Crippen LogP contribution in [-0.4, -0.2) is 51.6 Å². The molecule has 0 heterocycles. The molecule has 2 N–H and O–H groups in total. The van der Waals surface area contributed by atoms with Gasteiger partial charge in [-0.15, -0.1) is 0 Å². The summed E-state index contributed by atoms with van der Waals surface area (Å²) in [5, 5.41) is 21.4. The molecule has 0 aromatic heterocycles. The molecule has 0 saturated heterocycles. The molecular weight excluding hydrogens is 476 g/mol. The zero-order chi connectivity index (χ0) is 28.0. The number of anilines is 2. The molecule has 0 aliphatic carbocycles. The summed E-state index contributed by atoms with van der Waals surface area (Å²) in [6.45, 7) is 8.85. The second-order valence-corrected chi connectivity index (χ2v) is 10.2. The normalized spacial score (nSPS) is 10.5. The van der Waals surface area contributed by atoms with Gasteiger partial charge in [0.2, 0.25) is 0 Å². The van der Waals surface area contributed by atoms with Gasteiger partial charge >= 0.3 is 0 Å². The predicted octanol–water partition coefficient (Wildman–Crippen LogP) is 7.25. The van der Waals surface area contributed by atoms with Crippen molar-refractivity contribution in [3.8, 4) is 45.3 Å². The molecule has 0 radical (unpaired) electrons. The first-order chi connectivity index (χ1) is 18.0. The molecule has 202 valence electrons. The molecule has 0 fully saturated rings. The Labute approximate surface area is 227 Å². The highest BCUT2D eigenvalue weighted by Gasteiger charge is 2.18. The number of allylic oxidation sites excluding steroid dienone is 2. The minimum absolute atomic E-state index is 0.0958. The molecule has 0 aliphatic heterocycles. The molecule has 0 unspecified atom stereocenters. The Balaban J connectivity index is 2.04. The van der Waals surface area contributed by atoms with Crippen LogP contribution in [0.25, 0.3) is 22.3 Å². The van der Waals surface area contributed by atoms with Gasteiger partial charge in [0.1, 0.15) is 13.2 Å². The number of nitrogens with zero attached hydrogens (tertiary/aromatic N) is 2. The maximum atomic E-state index is 10.7. The minimum atomic E-state index is 0.0958. The molecule has 3 aromatic rings. The van der Waals surface area contributed by atoms with Crippen molar-refractivity contribution in [1.29, 1.82) is 0 Å². The lowest BCUT2D eigenvalue weighted by Crippen LogP contribution is -2.14. The third-order valence-electron chi connectivity index (χ3n) is 6.08. The van der Waals surface area contributed by atoms with Crippen LogP contribution in [0.4, 0.5) is 11.4 Å². The average Bonchev–Trinajstić information content (AvgIpc) is 2.84. The number of aromatic hydroxyl groups is 2. The maximum Gasteiger partial charge on any atom is 0.161 e. The summed E-state index contributed by atoms with van der Waals surface area (Å²) in [7, 11) is 7.97. The first-order valence-corrected chi connectivity index (χ1v) is 12.7. The van der Waals surface area contributed by atoms with Crippen molar-refractivity contribution >= 4 is 11.4 Å². The fourth-order valence-electron chi connectivity index (χ4n) is 3.99. The Morgan fingerprint density at radius 3 is 1.29 bits per heavy atom. The molecule has 0 bridgehead atoms. The van der Waals surface area contributed by atoms with Gasteiger partial charge in [-0.1, -0.05) is 23.3 Å². The van der Waals surface area contributed by atoms with E-state index in [0.29, 0.717) is 24.7 Å². The van der Waals surface area contributed by atoms with E-state index >= 15 is 0 Å². The van der Waals surface area contributed by atoms with E-state index in [1.165, 1.54) is 0 Å². The fourth-order valence-corrected chi connectivity index (χ4v) is 3.99. The van der Waals surface area contributed by atoms with E-state index in [2.05, 4.69) is 12.1 Å². The Hall–Kier alpha value is -4.06. The van der Waals surface area contributed by atoms with E-state index in [9.17, 15) is 10.2 Å². The second kappa shape index (κ2) is 12.5. The number of hydrogen-bond donors (Lipinski definition) is 2. The summed E-state index contributed by atoms with van der Waals surface area (Å²) in [5.41, 5.74) is 7.97. The summed E-state index contributed by atoms with van der Waals surface area (Å²) >= 11 is 0. The Kier molecular flexibility index (Phi) is 9.35. The fraction of sp³-hybridized carbons (Fsp3) is 0.312. The first-order valence-electron chi connectivity index (χ1n) is 12.7. The highest BCUT2D eigenvalue weighted by molar-refractivity contribution is 5.91. The first kappa shape index (κ1) is 28.5. The van der Waals surface area contributed by atoms with Crippen molar-refractivity contribution in [2.75, 3.05) is 51.2 Å². The summed E-state index contributed by atoms with van der Waals surface area (Å²) in [4.78, 5) is 4.09. The van der Waals surface area contributed by atoms with Crippen molar-refractivity contribution in [3.63, 3.8) is 0 Å². The zero-order valence-electron chi connectivity index (χ0n) is 23.8. The van der Waals surface area contributed by atoms with Gasteiger partial charge in [0.15, 0.2) is 23.0 Å². The van der Waals surface area contributed by atoms with E-state index in [1.807, 2.05) is 90.0 Å². The van der Waals surface area contributed by atoms with E-state index in [4.69, 9.17) is 9.47 Å². The molecule has 0 amide bonds. The van der Waals surface area contributed by atoms with Crippen LogP contribution >= 0.6 is 0 Å². The number of phenols is 2. The summed E-state index contributed by atoms with van der Waals surface area (Å²) < 4.78 is 11.5. The molecule has 3 aromatic carbocycles. The summed E-state index contributed by atoms with van der Waals surface area (Å²) in [6, 6.07) is 15.2. The topological polar surface area (TPSA) is 65.4 Å². The van der Waals surface area contributed by atoms with Gasteiger partial charge in [-0.2, -0.15) is 0 Å². The van der Waals surface area contributed by atoms with Gasteiger partial charge in [-0.05, 0) is 87.4 Å². The van der Waals surface area contributed by atoms with E-state index in [1.54, 1.807) is 24.3 Å². The van der Waals surface area contributed by atoms with Crippen molar-refractivity contribution < 1.29 is 19.7 Å². The number of rotatable bonds is 10. The summed E-state index contributed by atoms with van der Waals surface area (Å²) in [5.74, 6) is 1.09. The third-order valence-corrected chi connectivity index (χ3v) is 6.08. The van der Waals surface area contributed by atoms with E-state index in [-0.39, 0.29) is 11.5 Å². The predicted molar refractivity (Wildman–Crippen MR) is 159 cm³/mol. The van der Waals surface area contributed by atoms with Crippen molar-refractivity contribution in [2.24, 2.45) is 0 Å². The molecule has 6 nitrogen and oxygen atoms in total. The molecule has 0 spiro atoms. The lowest BCUT2D eigenvalue weighted by Gasteiger charge is -2.25. The lowest BCUT2D eigenvalue weighted by atomic mass is 9.95. The molecule has 0 atom stereocenters. The number of benzene rings is 3. The van der Waals surface area contributed by atoms with Gasteiger partial charge in [0.05, 0.1) is 0 Å². The van der Waals surface area contributed by atoms with Gasteiger partial charge in [0, 0.05) is 50.7 Å². The van der Waals surface area contributed by atoms with Crippen LogP contribution < -0.4 is 19.3 Å². The zero-order valence-corrected chi connectivity index (χ0v) is 23.8. The van der Waals surface area contributed by atoms with Crippen molar-refractivity contribution in [3.05, 3.63) is 71.8 Å².